The van der Waals surface area contributed by atoms with Crippen LogP contribution in [0.3, 0.4) is 0 Å². The zero-order valence-electron chi connectivity index (χ0n) is 15.0. The van der Waals surface area contributed by atoms with Crippen LogP contribution in [0.5, 0.6) is 0 Å². The third-order valence-corrected chi connectivity index (χ3v) is 5.88. The van der Waals surface area contributed by atoms with E-state index in [9.17, 15) is 4.79 Å². The van der Waals surface area contributed by atoms with Gasteiger partial charge in [0.05, 0.1) is 17.4 Å². The highest BCUT2D eigenvalue weighted by atomic mass is 16.1. The lowest BCUT2D eigenvalue weighted by Crippen LogP contribution is -2.22. The van der Waals surface area contributed by atoms with Gasteiger partial charge in [0.1, 0.15) is 0 Å². The Morgan fingerprint density at radius 3 is 2.88 bits per heavy atom. The Kier molecular flexibility index (Phi) is 3.91. The number of carbonyl (C=O) groups excluding carboxylic acids is 1. The number of H-pyrrole nitrogens is 1. The zero-order valence-corrected chi connectivity index (χ0v) is 15.0. The third kappa shape index (κ3) is 2.97. The summed E-state index contributed by atoms with van der Waals surface area (Å²) in [4.78, 5) is 24.6. The molecule has 0 saturated heterocycles. The van der Waals surface area contributed by atoms with Crippen LogP contribution in [0.2, 0.25) is 0 Å². The Hall–Kier alpha value is -2.37. The van der Waals surface area contributed by atoms with Crippen molar-refractivity contribution in [3.8, 4) is 0 Å². The Labute approximate surface area is 152 Å². The second-order valence-electron chi connectivity index (χ2n) is 7.92. The number of imidazole rings is 1. The predicted octanol–water partition coefficient (Wildman–Crippen LogP) is 3.67. The first kappa shape index (κ1) is 15.9. The average Bonchev–Trinajstić information content (AvgIpc) is 3.21. The summed E-state index contributed by atoms with van der Waals surface area (Å²) in [5.74, 6) is 1.33. The van der Waals surface area contributed by atoms with Crippen molar-refractivity contribution in [2.45, 2.75) is 63.8 Å². The van der Waals surface area contributed by atoms with Gasteiger partial charge in [0, 0.05) is 36.8 Å². The van der Waals surface area contributed by atoms with E-state index in [0.717, 1.165) is 22.4 Å². The van der Waals surface area contributed by atoms with E-state index in [1.807, 2.05) is 12.4 Å². The molecule has 136 valence electrons. The minimum absolute atomic E-state index is 0.149. The monoisotopic (exact) mass is 351 g/mol. The maximum atomic E-state index is 12.0. The van der Waals surface area contributed by atoms with Crippen LogP contribution >= 0.6 is 0 Å². The molecule has 3 heterocycles. The van der Waals surface area contributed by atoms with Gasteiger partial charge < -0.3 is 10.3 Å². The molecule has 0 aliphatic heterocycles. The summed E-state index contributed by atoms with van der Waals surface area (Å²) < 4.78 is 2.14. The van der Waals surface area contributed by atoms with E-state index in [2.05, 4.69) is 25.9 Å². The van der Waals surface area contributed by atoms with E-state index in [1.54, 1.807) is 0 Å². The van der Waals surface area contributed by atoms with Gasteiger partial charge in [-0.1, -0.05) is 19.3 Å². The molecule has 5 rings (SSSR count). The van der Waals surface area contributed by atoms with E-state index in [0.29, 0.717) is 24.8 Å². The molecule has 6 nitrogen and oxygen atoms in total. The Morgan fingerprint density at radius 1 is 1.23 bits per heavy atom. The second kappa shape index (κ2) is 6.41. The molecule has 3 aromatic rings. The minimum atomic E-state index is 0.149. The van der Waals surface area contributed by atoms with Crippen LogP contribution in [0.4, 0.5) is 0 Å². The highest BCUT2D eigenvalue weighted by Gasteiger charge is 2.24. The van der Waals surface area contributed by atoms with E-state index < -0.39 is 0 Å². The number of nitrogens with zero attached hydrogens (tertiary/aromatic N) is 3. The summed E-state index contributed by atoms with van der Waals surface area (Å²) in [5.41, 5.74) is 5.02. The number of rotatable bonds is 5. The molecular formula is C20H25N5O. The fourth-order valence-corrected chi connectivity index (χ4v) is 4.20. The normalized spacial score (nSPS) is 18.6. The number of amides is 1. The molecule has 1 amide bonds. The summed E-state index contributed by atoms with van der Waals surface area (Å²) in [5, 5.41) is 3.06. The van der Waals surface area contributed by atoms with Crippen molar-refractivity contribution < 1.29 is 4.79 Å². The summed E-state index contributed by atoms with van der Waals surface area (Å²) in [6.07, 6.45) is 15.4. The van der Waals surface area contributed by atoms with Gasteiger partial charge in [-0.2, -0.15) is 0 Å². The largest absolute Gasteiger partial charge is 0.352 e. The van der Waals surface area contributed by atoms with Crippen LogP contribution in [0, 0.1) is 5.92 Å². The predicted molar refractivity (Wildman–Crippen MR) is 99.9 cm³/mol. The highest BCUT2D eigenvalue weighted by Crippen LogP contribution is 2.33. The van der Waals surface area contributed by atoms with Crippen molar-refractivity contribution >= 4 is 22.7 Å². The fourth-order valence-electron chi connectivity index (χ4n) is 4.20. The maximum Gasteiger partial charge on any atom is 0.220 e. The first-order valence-corrected chi connectivity index (χ1v) is 9.88. The zero-order chi connectivity index (χ0) is 17.5. The average molecular weight is 351 g/mol. The number of aromatic nitrogens is 4. The van der Waals surface area contributed by atoms with Gasteiger partial charge in [-0.25, -0.2) is 9.97 Å². The lowest BCUT2D eigenvalue weighted by molar-refractivity contribution is -0.121. The topological polar surface area (TPSA) is 75.1 Å². The van der Waals surface area contributed by atoms with Gasteiger partial charge in [0.15, 0.2) is 11.3 Å². The molecule has 2 saturated carbocycles. The Bertz CT molecular complexity index is 946. The van der Waals surface area contributed by atoms with E-state index >= 15 is 0 Å². The van der Waals surface area contributed by atoms with Crippen molar-refractivity contribution in [3.63, 3.8) is 0 Å². The van der Waals surface area contributed by atoms with E-state index in [-0.39, 0.29) is 5.91 Å². The van der Waals surface area contributed by atoms with Crippen LogP contribution in [0.25, 0.3) is 16.8 Å². The van der Waals surface area contributed by atoms with Crippen LogP contribution in [-0.2, 0) is 11.3 Å². The molecular weight excluding hydrogens is 326 g/mol. The molecule has 0 unspecified atom stereocenters. The first-order valence-electron chi connectivity index (χ1n) is 9.88. The molecule has 0 atom stereocenters. The van der Waals surface area contributed by atoms with Crippen LogP contribution in [-0.4, -0.2) is 25.3 Å². The number of fused-ring (bicyclic) bond motifs is 3. The number of carbonyl (C=O) groups is 1. The summed E-state index contributed by atoms with van der Waals surface area (Å²) >= 11 is 0. The van der Waals surface area contributed by atoms with Crippen LogP contribution in [0.1, 0.15) is 68.5 Å². The van der Waals surface area contributed by atoms with Crippen molar-refractivity contribution in [2.24, 2.45) is 5.92 Å². The number of hydrogen-bond acceptors (Lipinski definition) is 3. The number of aromatic amines is 1. The molecule has 26 heavy (non-hydrogen) atoms. The van der Waals surface area contributed by atoms with Crippen LogP contribution < -0.4 is 5.32 Å². The Morgan fingerprint density at radius 2 is 2.08 bits per heavy atom. The van der Waals surface area contributed by atoms with Gasteiger partial charge >= 0.3 is 0 Å². The van der Waals surface area contributed by atoms with Crippen molar-refractivity contribution in [2.75, 3.05) is 0 Å². The number of hydrogen-bond donors (Lipinski definition) is 2. The molecule has 0 bridgehead atoms. The van der Waals surface area contributed by atoms with Crippen LogP contribution in [0.15, 0.2) is 18.6 Å². The van der Waals surface area contributed by atoms with Gasteiger partial charge in [0.2, 0.25) is 5.91 Å². The van der Waals surface area contributed by atoms with E-state index in [1.165, 1.54) is 50.6 Å². The van der Waals surface area contributed by atoms with Gasteiger partial charge in [0.25, 0.3) is 0 Å². The first-order chi connectivity index (χ1) is 12.8. The molecule has 2 aliphatic rings. The fraction of sp³-hybridized carbons (Fsp3) is 0.550. The van der Waals surface area contributed by atoms with Gasteiger partial charge in [-0.15, -0.1) is 0 Å². The quantitative estimate of drug-likeness (QED) is 0.736. The Balaban J connectivity index is 1.44. The summed E-state index contributed by atoms with van der Waals surface area (Å²) in [6.45, 7) is 0.531. The number of nitrogens with one attached hydrogen (secondary N) is 2. The lowest BCUT2D eigenvalue weighted by atomic mass is 9.87. The third-order valence-electron chi connectivity index (χ3n) is 5.88. The SMILES string of the molecule is O=C(CC1CC1)NCc1c[nH]c2ncc3nc(C4CCCCC4)cn3c12. The van der Waals surface area contributed by atoms with Crippen molar-refractivity contribution in [1.82, 2.24) is 24.7 Å². The molecule has 0 radical (unpaired) electrons. The van der Waals surface area contributed by atoms with Crippen molar-refractivity contribution in [1.29, 1.82) is 0 Å². The molecule has 2 aliphatic carbocycles. The summed E-state index contributed by atoms with van der Waals surface area (Å²) in [6, 6.07) is 0. The maximum absolute atomic E-state index is 12.0. The molecule has 3 aromatic heterocycles. The van der Waals surface area contributed by atoms with Crippen molar-refractivity contribution in [3.05, 3.63) is 29.8 Å². The second-order valence-corrected chi connectivity index (χ2v) is 7.92. The van der Waals surface area contributed by atoms with Gasteiger partial charge in [-0.3, -0.25) is 9.20 Å². The molecule has 0 spiro atoms. The lowest BCUT2D eigenvalue weighted by Gasteiger charge is -2.19. The summed E-state index contributed by atoms with van der Waals surface area (Å²) in [7, 11) is 0. The van der Waals surface area contributed by atoms with E-state index in [4.69, 9.17) is 4.98 Å². The molecule has 2 N–H and O–H groups in total. The highest BCUT2D eigenvalue weighted by molar-refractivity contribution is 5.80. The molecule has 0 aromatic carbocycles. The standard InChI is InChI=1S/C20H25N5O/c26-18(8-13-6-7-13)21-9-15-10-22-20-19(15)25-12-16(24-17(25)11-23-20)14-4-2-1-3-5-14/h10-14,22H,1-9H2,(H,21,26). The molecule has 2 fully saturated rings. The smallest absolute Gasteiger partial charge is 0.220 e. The van der Waals surface area contributed by atoms with Gasteiger partial charge in [-0.05, 0) is 31.6 Å². The molecule has 6 heteroatoms. The minimum Gasteiger partial charge on any atom is -0.352 e.